The van der Waals surface area contributed by atoms with Crippen LogP contribution in [0.4, 0.5) is 22.0 Å². The summed E-state index contributed by atoms with van der Waals surface area (Å²) in [6.45, 7) is -2.47. The summed E-state index contributed by atoms with van der Waals surface area (Å²) in [6.07, 6.45) is -6.89. The summed E-state index contributed by atoms with van der Waals surface area (Å²) in [5.74, 6) is -5.20. The van der Waals surface area contributed by atoms with Crippen LogP contribution in [0.25, 0.3) is 0 Å². The van der Waals surface area contributed by atoms with E-state index in [4.69, 9.17) is 16.7 Å². The van der Waals surface area contributed by atoms with Crippen LogP contribution in [0.5, 0.6) is 0 Å². The Morgan fingerprint density at radius 3 is 2.07 bits per heavy atom. The first kappa shape index (κ1) is 13.9. The SMILES string of the molecule is OC(CCl)COCC(F)(F)C(F)(F)F. The maximum atomic E-state index is 12.1. The lowest BCUT2D eigenvalue weighted by atomic mass is 10.3. The zero-order valence-corrected chi connectivity index (χ0v) is 7.58. The second-order valence-electron chi connectivity index (χ2n) is 2.53. The second-order valence-corrected chi connectivity index (χ2v) is 2.83. The third-order valence-corrected chi connectivity index (χ3v) is 1.54. The summed E-state index contributed by atoms with van der Waals surface area (Å²) in [5.41, 5.74) is 0. The molecule has 0 spiro atoms. The van der Waals surface area contributed by atoms with Crippen molar-refractivity contribution in [1.29, 1.82) is 0 Å². The fourth-order valence-electron chi connectivity index (χ4n) is 0.450. The minimum atomic E-state index is -5.64. The van der Waals surface area contributed by atoms with E-state index in [0.29, 0.717) is 0 Å². The molecule has 0 fully saturated rings. The minimum Gasteiger partial charge on any atom is -0.389 e. The van der Waals surface area contributed by atoms with Crippen LogP contribution in [0.15, 0.2) is 0 Å². The van der Waals surface area contributed by atoms with Gasteiger partial charge in [-0.25, -0.2) is 0 Å². The first-order valence-corrected chi connectivity index (χ1v) is 4.00. The highest BCUT2D eigenvalue weighted by molar-refractivity contribution is 6.18. The van der Waals surface area contributed by atoms with Crippen LogP contribution in [-0.2, 0) is 4.74 Å². The number of halogens is 6. The molecule has 1 N–H and O–H groups in total. The molecule has 0 aromatic carbocycles. The van der Waals surface area contributed by atoms with Crippen LogP contribution in [0.2, 0.25) is 0 Å². The van der Waals surface area contributed by atoms with Gasteiger partial charge >= 0.3 is 12.1 Å². The third kappa shape index (κ3) is 4.39. The molecule has 0 rings (SSSR count). The third-order valence-electron chi connectivity index (χ3n) is 1.19. The van der Waals surface area contributed by atoms with Crippen molar-refractivity contribution in [3.63, 3.8) is 0 Å². The van der Waals surface area contributed by atoms with Gasteiger partial charge in [0.1, 0.15) is 6.61 Å². The van der Waals surface area contributed by atoms with E-state index < -0.39 is 31.4 Å². The van der Waals surface area contributed by atoms with E-state index >= 15 is 0 Å². The van der Waals surface area contributed by atoms with Crippen molar-refractivity contribution in [2.45, 2.75) is 18.2 Å². The lowest BCUT2D eigenvalue weighted by Crippen LogP contribution is -2.41. The van der Waals surface area contributed by atoms with Gasteiger partial charge in [0, 0.05) is 0 Å². The van der Waals surface area contributed by atoms with Gasteiger partial charge in [-0.05, 0) is 0 Å². The molecule has 0 heterocycles. The van der Waals surface area contributed by atoms with Crippen LogP contribution in [-0.4, -0.2) is 42.4 Å². The second kappa shape index (κ2) is 5.09. The van der Waals surface area contributed by atoms with Crippen molar-refractivity contribution < 1.29 is 31.8 Å². The first-order chi connectivity index (χ1) is 6.20. The molecule has 2 nitrogen and oxygen atoms in total. The van der Waals surface area contributed by atoms with E-state index in [1.807, 2.05) is 0 Å². The zero-order valence-electron chi connectivity index (χ0n) is 6.82. The Hall–Kier alpha value is -0.140. The molecule has 0 radical (unpaired) electrons. The molecule has 86 valence electrons. The Kier molecular flexibility index (Phi) is 5.03. The van der Waals surface area contributed by atoms with Crippen LogP contribution in [0, 0.1) is 0 Å². The van der Waals surface area contributed by atoms with Crippen molar-refractivity contribution in [2.75, 3.05) is 19.1 Å². The molecule has 0 saturated heterocycles. The summed E-state index contributed by atoms with van der Waals surface area (Å²) in [6, 6.07) is 0. The maximum absolute atomic E-state index is 12.1. The highest BCUT2D eigenvalue weighted by atomic mass is 35.5. The van der Waals surface area contributed by atoms with Crippen molar-refractivity contribution in [1.82, 2.24) is 0 Å². The topological polar surface area (TPSA) is 29.5 Å². The average Bonchev–Trinajstić information content (AvgIpc) is 2.01. The molecular weight excluding hydrogens is 235 g/mol. The number of rotatable bonds is 5. The fourth-order valence-corrected chi connectivity index (χ4v) is 0.539. The van der Waals surface area contributed by atoms with Crippen LogP contribution < -0.4 is 0 Å². The van der Waals surface area contributed by atoms with Gasteiger partial charge in [-0.1, -0.05) is 0 Å². The number of hydrogen-bond donors (Lipinski definition) is 1. The van der Waals surface area contributed by atoms with Crippen LogP contribution in [0.1, 0.15) is 0 Å². The monoisotopic (exact) mass is 242 g/mol. The normalized spacial score (nSPS) is 15.6. The summed E-state index contributed by atoms with van der Waals surface area (Å²) < 4.78 is 62.8. The van der Waals surface area contributed by atoms with E-state index in [1.165, 1.54) is 0 Å². The zero-order chi connectivity index (χ0) is 11.4. The minimum absolute atomic E-state index is 0.294. The fraction of sp³-hybridized carbons (Fsp3) is 1.00. The Morgan fingerprint density at radius 1 is 1.21 bits per heavy atom. The maximum Gasteiger partial charge on any atom is 0.455 e. The van der Waals surface area contributed by atoms with Gasteiger partial charge in [0.05, 0.1) is 18.6 Å². The molecular formula is C6H8ClF5O2. The smallest absolute Gasteiger partial charge is 0.389 e. The van der Waals surface area contributed by atoms with Crippen LogP contribution >= 0.6 is 11.6 Å². The molecule has 0 amide bonds. The number of aliphatic hydroxyl groups excluding tert-OH is 1. The molecule has 0 aliphatic carbocycles. The molecule has 0 aromatic heterocycles. The molecule has 0 aliphatic rings. The van der Waals surface area contributed by atoms with E-state index in [1.54, 1.807) is 0 Å². The summed E-state index contributed by atoms with van der Waals surface area (Å²) in [5, 5.41) is 8.67. The first-order valence-electron chi connectivity index (χ1n) is 3.47. The molecule has 0 bridgehead atoms. The number of ether oxygens (including phenoxy) is 1. The van der Waals surface area contributed by atoms with Gasteiger partial charge in [0.15, 0.2) is 0 Å². The van der Waals surface area contributed by atoms with E-state index in [9.17, 15) is 22.0 Å². The van der Waals surface area contributed by atoms with Crippen molar-refractivity contribution >= 4 is 11.6 Å². The van der Waals surface area contributed by atoms with Gasteiger partial charge in [-0.3, -0.25) is 0 Å². The molecule has 0 aliphatic heterocycles. The number of hydrogen-bond acceptors (Lipinski definition) is 2. The van der Waals surface area contributed by atoms with Gasteiger partial charge in [-0.15, -0.1) is 11.6 Å². The highest BCUT2D eigenvalue weighted by Gasteiger charge is 2.57. The molecule has 8 heteroatoms. The highest BCUT2D eigenvalue weighted by Crippen LogP contribution is 2.35. The summed E-state index contributed by atoms with van der Waals surface area (Å²) in [4.78, 5) is 0. The van der Waals surface area contributed by atoms with Crippen LogP contribution in [0.3, 0.4) is 0 Å². The van der Waals surface area contributed by atoms with Crippen molar-refractivity contribution in [3.8, 4) is 0 Å². The lowest BCUT2D eigenvalue weighted by molar-refractivity contribution is -0.297. The largest absolute Gasteiger partial charge is 0.455 e. The lowest BCUT2D eigenvalue weighted by Gasteiger charge is -2.19. The Balaban J connectivity index is 3.89. The Bertz CT molecular complexity index is 172. The van der Waals surface area contributed by atoms with Gasteiger partial charge in [0.2, 0.25) is 0 Å². The molecule has 14 heavy (non-hydrogen) atoms. The van der Waals surface area contributed by atoms with E-state index in [-0.39, 0.29) is 5.88 Å². The molecule has 1 atom stereocenters. The summed E-state index contributed by atoms with van der Waals surface area (Å²) >= 11 is 5.05. The molecule has 0 aromatic rings. The number of aliphatic hydroxyl groups is 1. The summed E-state index contributed by atoms with van der Waals surface area (Å²) in [7, 11) is 0. The van der Waals surface area contributed by atoms with E-state index in [0.717, 1.165) is 0 Å². The number of alkyl halides is 6. The van der Waals surface area contributed by atoms with Crippen molar-refractivity contribution in [2.24, 2.45) is 0 Å². The Labute approximate surface area is 81.6 Å². The van der Waals surface area contributed by atoms with Crippen molar-refractivity contribution in [3.05, 3.63) is 0 Å². The van der Waals surface area contributed by atoms with E-state index in [2.05, 4.69) is 4.74 Å². The predicted octanol–water partition coefficient (Wildman–Crippen LogP) is 1.80. The van der Waals surface area contributed by atoms with Gasteiger partial charge in [-0.2, -0.15) is 22.0 Å². The Morgan fingerprint density at radius 2 is 1.71 bits per heavy atom. The predicted molar refractivity (Wildman–Crippen MR) is 38.5 cm³/mol. The van der Waals surface area contributed by atoms with Gasteiger partial charge < -0.3 is 9.84 Å². The quantitative estimate of drug-likeness (QED) is 0.588. The molecule has 0 saturated carbocycles. The molecule has 1 unspecified atom stereocenters. The standard InChI is InChI=1S/C6H8ClF5O2/c7-1-4(13)2-14-3-5(8,9)6(10,11)12/h4,13H,1-3H2. The average molecular weight is 243 g/mol. The van der Waals surface area contributed by atoms with Gasteiger partial charge in [0.25, 0.3) is 0 Å².